The number of nitrogens with zero attached hydrogens (tertiary/aromatic N) is 2. The zero-order valence-electron chi connectivity index (χ0n) is 13.1. The lowest BCUT2D eigenvalue weighted by Gasteiger charge is -2.35. The molecule has 1 atom stereocenters. The van der Waals surface area contributed by atoms with Crippen LogP contribution >= 0.6 is 0 Å². The van der Waals surface area contributed by atoms with Crippen LogP contribution in [0.25, 0.3) is 0 Å². The first-order chi connectivity index (χ1) is 10.1. The average molecular weight is 308 g/mol. The highest BCUT2D eigenvalue weighted by atomic mass is 16.6. The van der Waals surface area contributed by atoms with Crippen molar-refractivity contribution in [3.63, 3.8) is 0 Å². The monoisotopic (exact) mass is 308 g/mol. The molecule has 0 radical (unpaired) electrons. The molecule has 7 heteroatoms. The maximum absolute atomic E-state index is 12.4. The summed E-state index contributed by atoms with van der Waals surface area (Å²) in [4.78, 5) is 22.5. The molecule has 1 aliphatic rings. The van der Waals surface area contributed by atoms with Gasteiger partial charge in [-0.2, -0.15) is 5.06 Å². The molecule has 1 heterocycles. The molecule has 7 nitrogen and oxygen atoms in total. The lowest BCUT2D eigenvalue weighted by Crippen LogP contribution is -2.48. The number of nitro benzene ring substituents is 1. The van der Waals surface area contributed by atoms with Gasteiger partial charge in [0.15, 0.2) is 0 Å². The Balaban J connectivity index is 2.14. The van der Waals surface area contributed by atoms with E-state index in [1.54, 1.807) is 13.8 Å². The summed E-state index contributed by atoms with van der Waals surface area (Å²) in [5, 5.41) is 22.0. The standard InChI is InChI=1S/C15H20N2O5/c1-14(2)9-12(15(3,4)17(14)21)13(18)22-11-7-5-10(6-8-11)16(19)20/h5-8,12,21H,9H2,1-4H3. The molecule has 0 aromatic heterocycles. The molecule has 120 valence electrons. The number of hydroxylamine groups is 2. The largest absolute Gasteiger partial charge is 0.426 e. The maximum atomic E-state index is 12.4. The van der Waals surface area contributed by atoms with Crippen molar-refractivity contribution in [2.24, 2.45) is 5.92 Å². The first kappa shape index (κ1) is 16.4. The highest BCUT2D eigenvalue weighted by Gasteiger charge is 2.55. The van der Waals surface area contributed by atoms with Crippen molar-refractivity contribution in [1.82, 2.24) is 5.06 Å². The number of ether oxygens (including phenoxy) is 1. The molecule has 1 aromatic rings. The van der Waals surface area contributed by atoms with Crippen molar-refractivity contribution in [2.45, 2.75) is 45.2 Å². The maximum Gasteiger partial charge on any atom is 0.316 e. The number of carbonyl (C=O) groups is 1. The van der Waals surface area contributed by atoms with Gasteiger partial charge >= 0.3 is 5.97 Å². The van der Waals surface area contributed by atoms with Crippen molar-refractivity contribution < 1.29 is 19.7 Å². The Morgan fingerprint density at radius 1 is 1.32 bits per heavy atom. The summed E-state index contributed by atoms with van der Waals surface area (Å²) in [5.41, 5.74) is -1.34. The lowest BCUT2D eigenvalue weighted by molar-refractivity contribution is -0.384. The molecular weight excluding hydrogens is 288 g/mol. The summed E-state index contributed by atoms with van der Waals surface area (Å²) >= 11 is 0. The molecule has 1 aliphatic heterocycles. The summed E-state index contributed by atoms with van der Waals surface area (Å²) in [5.74, 6) is -0.702. The van der Waals surface area contributed by atoms with E-state index < -0.39 is 27.9 Å². The van der Waals surface area contributed by atoms with Crippen LogP contribution in [-0.4, -0.2) is 32.2 Å². The van der Waals surface area contributed by atoms with Gasteiger partial charge in [0, 0.05) is 17.7 Å². The van der Waals surface area contributed by atoms with Crippen molar-refractivity contribution in [3.8, 4) is 5.75 Å². The molecule has 22 heavy (non-hydrogen) atoms. The summed E-state index contributed by atoms with van der Waals surface area (Å²) in [7, 11) is 0. The summed E-state index contributed by atoms with van der Waals surface area (Å²) in [6.07, 6.45) is 0.461. The summed E-state index contributed by atoms with van der Waals surface area (Å²) in [6, 6.07) is 5.34. The van der Waals surface area contributed by atoms with Crippen LogP contribution in [0, 0.1) is 16.0 Å². The second-order valence-electron chi connectivity index (χ2n) is 6.71. The van der Waals surface area contributed by atoms with Crippen LogP contribution in [0.4, 0.5) is 5.69 Å². The fourth-order valence-corrected chi connectivity index (χ4v) is 2.96. The number of esters is 1. The molecule has 1 fully saturated rings. The van der Waals surface area contributed by atoms with Crippen LogP contribution in [0.3, 0.4) is 0 Å². The fourth-order valence-electron chi connectivity index (χ4n) is 2.96. The van der Waals surface area contributed by atoms with Gasteiger partial charge < -0.3 is 9.94 Å². The highest BCUT2D eigenvalue weighted by Crippen LogP contribution is 2.44. The Hall–Kier alpha value is -1.99. The summed E-state index contributed by atoms with van der Waals surface area (Å²) < 4.78 is 5.31. The number of hydrogen-bond donors (Lipinski definition) is 1. The van der Waals surface area contributed by atoms with E-state index >= 15 is 0 Å². The number of non-ortho nitro benzene ring substituents is 1. The molecule has 0 saturated carbocycles. The van der Waals surface area contributed by atoms with Crippen molar-refractivity contribution in [3.05, 3.63) is 34.4 Å². The van der Waals surface area contributed by atoms with Gasteiger partial charge in [0.25, 0.3) is 5.69 Å². The Morgan fingerprint density at radius 3 is 2.27 bits per heavy atom. The molecule has 0 bridgehead atoms. The Bertz CT molecular complexity index is 594. The first-order valence-corrected chi connectivity index (χ1v) is 7.01. The molecule has 1 aromatic carbocycles. The van der Waals surface area contributed by atoms with Crippen LogP contribution < -0.4 is 4.74 Å². The highest BCUT2D eigenvalue weighted by molar-refractivity contribution is 5.77. The molecule has 1 N–H and O–H groups in total. The van der Waals surface area contributed by atoms with Gasteiger partial charge in [-0.1, -0.05) is 0 Å². The zero-order valence-corrected chi connectivity index (χ0v) is 13.1. The van der Waals surface area contributed by atoms with E-state index in [0.29, 0.717) is 6.42 Å². The number of nitro groups is 1. The van der Waals surface area contributed by atoms with E-state index in [9.17, 15) is 20.1 Å². The zero-order chi connectivity index (χ0) is 16.7. The van der Waals surface area contributed by atoms with E-state index in [0.717, 1.165) is 0 Å². The smallest absolute Gasteiger partial charge is 0.316 e. The minimum Gasteiger partial charge on any atom is -0.426 e. The van der Waals surface area contributed by atoms with Crippen LogP contribution in [0.1, 0.15) is 34.1 Å². The third-order valence-electron chi connectivity index (χ3n) is 4.23. The second kappa shape index (κ2) is 5.33. The number of rotatable bonds is 3. The predicted octanol–water partition coefficient (Wildman–Crippen LogP) is 2.77. The van der Waals surface area contributed by atoms with E-state index in [-0.39, 0.29) is 11.4 Å². The minimum absolute atomic E-state index is 0.0661. The minimum atomic E-state index is -0.749. The first-order valence-electron chi connectivity index (χ1n) is 7.01. The molecule has 2 rings (SSSR count). The van der Waals surface area contributed by atoms with E-state index in [1.807, 2.05) is 13.8 Å². The van der Waals surface area contributed by atoms with Crippen molar-refractivity contribution in [1.29, 1.82) is 0 Å². The molecule has 0 amide bonds. The molecular formula is C15H20N2O5. The predicted molar refractivity (Wildman–Crippen MR) is 78.6 cm³/mol. The lowest BCUT2D eigenvalue weighted by atomic mass is 9.87. The molecule has 0 spiro atoms. The van der Waals surface area contributed by atoms with Gasteiger partial charge in [-0.3, -0.25) is 14.9 Å². The summed E-state index contributed by atoms with van der Waals surface area (Å²) in [6.45, 7) is 7.27. The average Bonchev–Trinajstić information content (AvgIpc) is 2.59. The van der Waals surface area contributed by atoms with Gasteiger partial charge in [0.05, 0.1) is 16.4 Å². The normalized spacial score (nSPS) is 23.2. The van der Waals surface area contributed by atoms with Gasteiger partial charge in [0.2, 0.25) is 0 Å². The number of benzene rings is 1. The Kier molecular flexibility index (Phi) is 3.97. The molecule has 1 saturated heterocycles. The number of hydrogen-bond acceptors (Lipinski definition) is 6. The van der Waals surface area contributed by atoms with E-state index in [4.69, 9.17) is 4.74 Å². The second-order valence-corrected chi connectivity index (χ2v) is 6.71. The Labute approximate surface area is 128 Å². The third-order valence-corrected chi connectivity index (χ3v) is 4.23. The quantitative estimate of drug-likeness (QED) is 0.399. The van der Waals surface area contributed by atoms with E-state index in [2.05, 4.69) is 0 Å². The number of carbonyl (C=O) groups excluding carboxylic acids is 1. The van der Waals surface area contributed by atoms with E-state index in [1.165, 1.54) is 29.3 Å². The SMILES string of the molecule is CC1(C)CC(C(=O)Oc2ccc([N+](=O)[O-])cc2)C(C)(C)N1O. The van der Waals surface area contributed by atoms with Crippen molar-refractivity contribution in [2.75, 3.05) is 0 Å². The van der Waals surface area contributed by atoms with Crippen LogP contribution in [-0.2, 0) is 4.79 Å². The van der Waals surface area contributed by atoms with Gasteiger partial charge in [0.1, 0.15) is 5.75 Å². The molecule has 1 unspecified atom stereocenters. The fraction of sp³-hybridized carbons (Fsp3) is 0.533. The topological polar surface area (TPSA) is 92.9 Å². The molecule has 0 aliphatic carbocycles. The van der Waals surface area contributed by atoms with Gasteiger partial charge in [-0.15, -0.1) is 0 Å². The third kappa shape index (κ3) is 2.82. The van der Waals surface area contributed by atoms with Crippen LogP contribution in [0.5, 0.6) is 5.75 Å². The Morgan fingerprint density at radius 2 is 1.86 bits per heavy atom. The van der Waals surface area contributed by atoms with Gasteiger partial charge in [-0.25, -0.2) is 0 Å². The van der Waals surface area contributed by atoms with Crippen LogP contribution in [0.15, 0.2) is 24.3 Å². The van der Waals surface area contributed by atoms with Crippen LogP contribution in [0.2, 0.25) is 0 Å². The van der Waals surface area contributed by atoms with Crippen molar-refractivity contribution >= 4 is 11.7 Å². The van der Waals surface area contributed by atoms with Gasteiger partial charge in [-0.05, 0) is 46.2 Å².